The summed E-state index contributed by atoms with van der Waals surface area (Å²) in [4.78, 5) is 19.0. The Labute approximate surface area is 106 Å². The first-order valence-corrected chi connectivity index (χ1v) is 5.49. The first-order valence-electron chi connectivity index (χ1n) is 5.49. The summed E-state index contributed by atoms with van der Waals surface area (Å²) in [6, 6.07) is 1.58. The molecule has 0 N–H and O–H groups in total. The quantitative estimate of drug-likeness (QED) is 0.741. The summed E-state index contributed by atoms with van der Waals surface area (Å²) < 4.78 is 15.5. The Hall–Kier alpha value is -1.85. The molecule has 1 atom stereocenters. The Morgan fingerprint density at radius 3 is 2.00 bits per heavy atom. The number of aromatic nitrogens is 2. The van der Waals surface area contributed by atoms with Crippen molar-refractivity contribution in [2.45, 2.75) is 26.9 Å². The molecule has 100 valence electrons. The standard InChI is InChI=1S/C12H18N2O4/c1-12(2,3)8(7-15)18-11-13-9(16-4)6-10(14-11)17-5/h6-8H,1-5H3. The van der Waals surface area contributed by atoms with E-state index in [0.29, 0.717) is 11.8 Å². The van der Waals surface area contributed by atoms with E-state index in [1.165, 1.54) is 20.3 Å². The number of hydrogen-bond donors (Lipinski definition) is 0. The maximum atomic E-state index is 11.0. The van der Waals surface area contributed by atoms with Gasteiger partial charge < -0.3 is 14.2 Å². The highest BCUT2D eigenvalue weighted by molar-refractivity contribution is 5.58. The molecule has 1 heterocycles. The van der Waals surface area contributed by atoms with Gasteiger partial charge in [-0.1, -0.05) is 20.8 Å². The van der Waals surface area contributed by atoms with E-state index in [4.69, 9.17) is 14.2 Å². The Kier molecular flexibility index (Phi) is 4.47. The smallest absolute Gasteiger partial charge is 0.323 e. The third-order valence-corrected chi connectivity index (χ3v) is 2.29. The van der Waals surface area contributed by atoms with Crippen LogP contribution < -0.4 is 14.2 Å². The molecular weight excluding hydrogens is 236 g/mol. The van der Waals surface area contributed by atoms with Crippen LogP contribution in [-0.2, 0) is 4.79 Å². The Morgan fingerprint density at radius 1 is 1.17 bits per heavy atom. The van der Waals surface area contributed by atoms with Crippen molar-refractivity contribution in [3.8, 4) is 17.8 Å². The number of carbonyl (C=O) groups excluding carboxylic acids is 1. The van der Waals surface area contributed by atoms with Gasteiger partial charge in [-0.15, -0.1) is 0 Å². The molecule has 0 aliphatic rings. The molecule has 18 heavy (non-hydrogen) atoms. The van der Waals surface area contributed by atoms with E-state index in [1.54, 1.807) is 0 Å². The summed E-state index contributed by atoms with van der Waals surface area (Å²) in [5.74, 6) is 0.630. The van der Waals surface area contributed by atoms with Crippen molar-refractivity contribution in [1.82, 2.24) is 9.97 Å². The van der Waals surface area contributed by atoms with Gasteiger partial charge in [0.05, 0.1) is 20.3 Å². The molecule has 1 rings (SSSR count). The van der Waals surface area contributed by atoms with Gasteiger partial charge in [0.15, 0.2) is 12.4 Å². The van der Waals surface area contributed by atoms with Crippen molar-refractivity contribution in [2.75, 3.05) is 14.2 Å². The van der Waals surface area contributed by atoms with E-state index in [-0.39, 0.29) is 11.4 Å². The van der Waals surface area contributed by atoms with Gasteiger partial charge in [0.1, 0.15) is 0 Å². The van der Waals surface area contributed by atoms with E-state index in [0.717, 1.165) is 6.29 Å². The molecule has 0 aliphatic heterocycles. The van der Waals surface area contributed by atoms with Gasteiger partial charge in [0.25, 0.3) is 0 Å². The van der Waals surface area contributed by atoms with Crippen molar-refractivity contribution < 1.29 is 19.0 Å². The Bertz CT molecular complexity index is 393. The van der Waals surface area contributed by atoms with Crippen LogP contribution in [0.25, 0.3) is 0 Å². The monoisotopic (exact) mass is 254 g/mol. The van der Waals surface area contributed by atoms with Gasteiger partial charge >= 0.3 is 6.01 Å². The number of hydrogen-bond acceptors (Lipinski definition) is 6. The largest absolute Gasteiger partial charge is 0.481 e. The summed E-state index contributed by atoms with van der Waals surface area (Å²) in [5, 5.41) is 0. The van der Waals surface area contributed by atoms with Gasteiger partial charge in [-0.05, 0) is 0 Å². The summed E-state index contributed by atoms with van der Waals surface area (Å²) in [6.07, 6.45) is 0.0873. The minimum atomic E-state index is -0.644. The molecule has 1 aromatic heterocycles. The SMILES string of the molecule is COc1cc(OC)nc(OC(C=O)C(C)(C)C)n1. The summed E-state index contributed by atoms with van der Waals surface area (Å²) in [6.45, 7) is 5.68. The second-order valence-corrected chi connectivity index (χ2v) is 4.78. The van der Waals surface area contributed by atoms with E-state index >= 15 is 0 Å². The molecule has 0 saturated heterocycles. The fraction of sp³-hybridized carbons (Fsp3) is 0.583. The molecule has 0 aliphatic carbocycles. The molecule has 0 saturated carbocycles. The maximum Gasteiger partial charge on any atom is 0.323 e. The molecule has 6 nitrogen and oxygen atoms in total. The fourth-order valence-electron chi connectivity index (χ4n) is 1.17. The van der Waals surface area contributed by atoms with Crippen LogP contribution in [0.15, 0.2) is 6.07 Å². The van der Waals surface area contributed by atoms with E-state index in [9.17, 15) is 4.79 Å². The van der Waals surface area contributed by atoms with Crippen LogP contribution in [0, 0.1) is 5.41 Å². The van der Waals surface area contributed by atoms with Crippen LogP contribution in [0.5, 0.6) is 17.8 Å². The highest BCUT2D eigenvalue weighted by Crippen LogP contribution is 2.24. The molecule has 0 amide bonds. The summed E-state index contributed by atoms with van der Waals surface area (Å²) >= 11 is 0. The van der Waals surface area contributed by atoms with Crippen molar-refractivity contribution in [1.29, 1.82) is 0 Å². The molecule has 6 heteroatoms. The van der Waals surface area contributed by atoms with Crippen LogP contribution in [0.3, 0.4) is 0 Å². The summed E-state index contributed by atoms with van der Waals surface area (Å²) in [5.41, 5.74) is -0.346. The number of ether oxygens (including phenoxy) is 3. The van der Waals surface area contributed by atoms with Crippen LogP contribution in [0.2, 0.25) is 0 Å². The Balaban J connectivity index is 2.98. The molecule has 1 unspecified atom stereocenters. The summed E-state index contributed by atoms with van der Waals surface area (Å²) in [7, 11) is 2.96. The van der Waals surface area contributed by atoms with Gasteiger partial charge in [-0.2, -0.15) is 9.97 Å². The second-order valence-electron chi connectivity index (χ2n) is 4.78. The number of carbonyl (C=O) groups is 1. The number of aldehydes is 1. The molecule has 0 fully saturated rings. The second kappa shape index (κ2) is 5.66. The minimum Gasteiger partial charge on any atom is -0.481 e. The highest BCUT2D eigenvalue weighted by Gasteiger charge is 2.27. The third-order valence-electron chi connectivity index (χ3n) is 2.29. The zero-order valence-electron chi connectivity index (χ0n) is 11.3. The van der Waals surface area contributed by atoms with Crippen LogP contribution in [-0.4, -0.2) is 36.6 Å². The third kappa shape index (κ3) is 3.58. The van der Waals surface area contributed by atoms with Crippen molar-refractivity contribution in [3.63, 3.8) is 0 Å². The first-order chi connectivity index (χ1) is 8.40. The zero-order valence-corrected chi connectivity index (χ0v) is 11.3. The lowest BCUT2D eigenvalue weighted by Crippen LogP contribution is -2.34. The predicted octanol–water partition coefficient (Wildman–Crippen LogP) is 1.49. The zero-order chi connectivity index (χ0) is 13.8. The molecule has 1 aromatic rings. The van der Waals surface area contributed by atoms with Crippen LogP contribution >= 0.6 is 0 Å². The van der Waals surface area contributed by atoms with Crippen molar-refractivity contribution in [2.24, 2.45) is 5.41 Å². The van der Waals surface area contributed by atoms with Crippen LogP contribution in [0.1, 0.15) is 20.8 Å². The highest BCUT2D eigenvalue weighted by atomic mass is 16.5. The van der Waals surface area contributed by atoms with E-state index in [2.05, 4.69) is 9.97 Å². The van der Waals surface area contributed by atoms with Gasteiger partial charge in [-0.3, -0.25) is 4.79 Å². The number of rotatable bonds is 5. The lowest BCUT2D eigenvalue weighted by atomic mass is 9.90. The average molecular weight is 254 g/mol. The van der Waals surface area contributed by atoms with Gasteiger partial charge in [0, 0.05) is 5.41 Å². The Morgan fingerprint density at radius 2 is 1.67 bits per heavy atom. The van der Waals surface area contributed by atoms with E-state index < -0.39 is 6.10 Å². The fourth-order valence-corrected chi connectivity index (χ4v) is 1.17. The molecule has 0 aromatic carbocycles. The average Bonchev–Trinajstić information content (AvgIpc) is 2.33. The normalized spacial score (nSPS) is 12.7. The topological polar surface area (TPSA) is 70.5 Å². The first kappa shape index (κ1) is 14.2. The number of nitrogens with zero attached hydrogens (tertiary/aromatic N) is 2. The predicted molar refractivity (Wildman–Crippen MR) is 65.1 cm³/mol. The van der Waals surface area contributed by atoms with Gasteiger partial charge in [0.2, 0.25) is 11.8 Å². The van der Waals surface area contributed by atoms with Crippen LogP contribution in [0.4, 0.5) is 0 Å². The molecular formula is C12H18N2O4. The van der Waals surface area contributed by atoms with Crippen molar-refractivity contribution in [3.05, 3.63) is 6.07 Å². The molecule has 0 spiro atoms. The molecule has 0 radical (unpaired) electrons. The van der Waals surface area contributed by atoms with Gasteiger partial charge in [-0.25, -0.2) is 0 Å². The number of methoxy groups -OCH3 is 2. The maximum absolute atomic E-state index is 11.0. The molecule has 0 bridgehead atoms. The lowest BCUT2D eigenvalue weighted by Gasteiger charge is -2.25. The van der Waals surface area contributed by atoms with Crippen molar-refractivity contribution >= 4 is 6.29 Å². The lowest BCUT2D eigenvalue weighted by molar-refractivity contribution is -0.118. The minimum absolute atomic E-state index is 0.0539. The van der Waals surface area contributed by atoms with E-state index in [1.807, 2.05) is 20.8 Å².